The predicted octanol–water partition coefficient (Wildman–Crippen LogP) is 4.63. The van der Waals surface area contributed by atoms with Gasteiger partial charge in [0.1, 0.15) is 0 Å². The molecule has 0 aliphatic carbocycles. The number of benzene rings is 2. The van der Waals surface area contributed by atoms with E-state index in [0.29, 0.717) is 5.92 Å². The molecule has 1 aliphatic heterocycles. The van der Waals surface area contributed by atoms with Crippen LogP contribution in [0.5, 0.6) is 0 Å². The largest absolute Gasteiger partial charge is 0.327 e. The van der Waals surface area contributed by atoms with Gasteiger partial charge in [-0.15, -0.1) is 0 Å². The molecule has 1 atom stereocenters. The van der Waals surface area contributed by atoms with Crippen LogP contribution in [0.3, 0.4) is 0 Å². The third-order valence-electron chi connectivity index (χ3n) is 4.44. The molecule has 2 aromatic carbocycles. The maximum Gasteiger partial charge on any atom is 0.0408 e. The van der Waals surface area contributed by atoms with Gasteiger partial charge < -0.3 is 5.73 Å². The fourth-order valence-electron chi connectivity index (χ4n) is 3.13. The van der Waals surface area contributed by atoms with E-state index in [1.165, 1.54) is 23.3 Å². The second-order valence-corrected chi connectivity index (χ2v) is 7.78. The molecule has 2 N–H and O–H groups in total. The summed E-state index contributed by atoms with van der Waals surface area (Å²) < 4.78 is 2.46. The van der Waals surface area contributed by atoms with E-state index in [2.05, 4.69) is 40.7 Å². The number of piperidine rings is 1. The predicted molar refractivity (Wildman–Crippen MR) is 99.7 cm³/mol. The van der Waals surface area contributed by atoms with Gasteiger partial charge in [0.25, 0.3) is 0 Å². The maximum atomic E-state index is 6.46. The van der Waals surface area contributed by atoms with Crippen molar-refractivity contribution in [1.82, 2.24) is 4.31 Å². The lowest BCUT2D eigenvalue weighted by Crippen LogP contribution is -2.39. The first-order valence-electron chi connectivity index (χ1n) is 8.19. The van der Waals surface area contributed by atoms with E-state index in [1.807, 2.05) is 30.1 Å². The highest BCUT2D eigenvalue weighted by Crippen LogP contribution is 2.29. The Morgan fingerprint density at radius 2 is 1.83 bits per heavy atom. The third-order valence-corrected chi connectivity index (χ3v) is 5.78. The van der Waals surface area contributed by atoms with E-state index in [-0.39, 0.29) is 6.04 Å². The average molecular weight is 347 g/mol. The second kappa shape index (κ2) is 8.20. The number of nitrogens with two attached hydrogens (primary N) is 1. The minimum atomic E-state index is 0.220. The zero-order chi connectivity index (χ0) is 16.1. The Labute approximate surface area is 148 Å². The monoisotopic (exact) mass is 346 g/mol. The maximum absolute atomic E-state index is 6.46. The molecule has 0 amide bonds. The molecule has 0 saturated carbocycles. The van der Waals surface area contributed by atoms with Crippen molar-refractivity contribution in [2.24, 2.45) is 11.7 Å². The molecular formula is C19H23ClN2S. The molecule has 3 rings (SSSR count). The Kier molecular flexibility index (Phi) is 6.01. The molecule has 23 heavy (non-hydrogen) atoms. The van der Waals surface area contributed by atoms with E-state index < -0.39 is 0 Å². The van der Waals surface area contributed by atoms with E-state index in [0.717, 1.165) is 24.5 Å². The summed E-state index contributed by atoms with van der Waals surface area (Å²) in [6, 6.07) is 18.9. The fourth-order valence-corrected chi connectivity index (χ4v) is 4.31. The van der Waals surface area contributed by atoms with Crippen molar-refractivity contribution in [3.8, 4) is 0 Å². The second-order valence-electron chi connectivity index (χ2n) is 6.17. The lowest BCUT2D eigenvalue weighted by Gasteiger charge is -2.34. The summed E-state index contributed by atoms with van der Waals surface area (Å²) in [6.07, 6.45) is 3.25. The quantitative estimate of drug-likeness (QED) is 0.800. The highest BCUT2D eigenvalue weighted by Gasteiger charge is 2.24. The number of nitrogens with zero attached hydrogens (tertiary/aromatic N) is 1. The summed E-state index contributed by atoms with van der Waals surface area (Å²) in [5.41, 5.74) is 7.70. The van der Waals surface area contributed by atoms with Crippen molar-refractivity contribution in [3.63, 3.8) is 0 Å². The van der Waals surface area contributed by atoms with Crippen molar-refractivity contribution >= 4 is 23.5 Å². The molecule has 0 bridgehead atoms. The van der Waals surface area contributed by atoms with Gasteiger partial charge in [0.2, 0.25) is 0 Å². The smallest absolute Gasteiger partial charge is 0.0408 e. The van der Waals surface area contributed by atoms with Crippen molar-refractivity contribution < 1.29 is 0 Å². The summed E-state index contributed by atoms with van der Waals surface area (Å²) in [4.78, 5) is 1.31. The van der Waals surface area contributed by atoms with Crippen LogP contribution in [-0.4, -0.2) is 23.4 Å². The van der Waals surface area contributed by atoms with Crippen LogP contribution in [0.4, 0.5) is 0 Å². The van der Waals surface area contributed by atoms with E-state index >= 15 is 0 Å². The average Bonchev–Trinajstić information content (AvgIpc) is 2.56. The Balaban J connectivity index is 1.48. The highest BCUT2D eigenvalue weighted by molar-refractivity contribution is 7.97. The van der Waals surface area contributed by atoms with Crippen LogP contribution in [0.25, 0.3) is 0 Å². The number of halogens is 1. The first-order valence-corrected chi connectivity index (χ1v) is 9.34. The summed E-state index contributed by atoms with van der Waals surface area (Å²) in [6.45, 7) is 2.21. The molecule has 0 spiro atoms. The fraction of sp³-hybridized carbons (Fsp3) is 0.368. The van der Waals surface area contributed by atoms with Crippen molar-refractivity contribution in [3.05, 3.63) is 65.2 Å². The van der Waals surface area contributed by atoms with E-state index in [9.17, 15) is 0 Å². The van der Waals surface area contributed by atoms with Gasteiger partial charge in [-0.25, -0.2) is 4.31 Å². The van der Waals surface area contributed by atoms with E-state index in [1.54, 1.807) is 0 Å². The van der Waals surface area contributed by atoms with Gasteiger partial charge in [-0.3, -0.25) is 0 Å². The van der Waals surface area contributed by atoms with Crippen molar-refractivity contribution in [2.75, 3.05) is 13.1 Å². The zero-order valence-electron chi connectivity index (χ0n) is 13.2. The highest BCUT2D eigenvalue weighted by atomic mass is 35.5. The molecule has 122 valence electrons. The first kappa shape index (κ1) is 16.8. The lowest BCUT2D eigenvalue weighted by molar-refractivity contribution is 0.256. The molecule has 4 heteroatoms. The topological polar surface area (TPSA) is 29.3 Å². The lowest BCUT2D eigenvalue weighted by atomic mass is 9.87. The van der Waals surface area contributed by atoms with Crippen LogP contribution in [-0.2, 0) is 6.42 Å². The molecule has 1 aliphatic rings. The van der Waals surface area contributed by atoms with Gasteiger partial charge in [-0.1, -0.05) is 41.9 Å². The standard InChI is InChI=1S/C19H23ClN2S/c20-17-6-4-5-15(13-17)14-19(21)16-9-11-22(12-10-16)23-18-7-2-1-3-8-18/h1-8,13,16,19H,9-12,14,21H2. The van der Waals surface area contributed by atoms with Gasteiger partial charge in [0.15, 0.2) is 0 Å². The molecule has 1 fully saturated rings. The molecule has 1 heterocycles. The van der Waals surface area contributed by atoms with Crippen LogP contribution < -0.4 is 5.73 Å². The minimum Gasteiger partial charge on any atom is -0.327 e. The van der Waals surface area contributed by atoms with Crippen LogP contribution in [0, 0.1) is 5.92 Å². The molecule has 0 radical (unpaired) electrons. The molecule has 1 unspecified atom stereocenters. The van der Waals surface area contributed by atoms with Crippen LogP contribution >= 0.6 is 23.5 Å². The van der Waals surface area contributed by atoms with Crippen LogP contribution in [0.15, 0.2) is 59.5 Å². The summed E-state index contributed by atoms with van der Waals surface area (Å²) >= 11 is 7.92. The Hall–Kier alpha value is -1.00. The third kappa shape index (κ3) is 4.98. The van der Waals surface area contributed by atoms with Gasteiger partial charge in [-0.2, -0.15) is 0 Å². The molecule has 2 nitrogen and oxygen atoms in total. The van der Waals surface area contributed by atoms with Crippen molar-refractivity contribution in [2.45, 2.75) is 30.2 Å². The zero-order valence-corrected chi connectivity index (χ0v) is 14.8. The van der Waals surface area contributed by atoms with Crippen LogP contribution in [0.1, 0.15) is 18.4 Å². The number of hydrogen-bond donors (Lipinski definition) is 1. The summed E-state index contributed by atoms with van der Waals surface area (Å²) in [5.74, 6) is 0.599. The number of hydrogen-bond acceptors (Lipinski definition) is 3. The van der Waals surface area contributed by atoms with E-state index in [4.69, 9.17) is 17.3 Å². The minimum absolute atomic E-state index is 0.220. The van der Waals surface area contributed by atoms with Gasteiger partial charge >= 0.3 is 0 Å². The molecular weight excluding hydrogens is 324 g/mol. The Bertz CT molecular complexity index is 612. The summed E-state index contributed by atoms with van der Waals surface area (Å²) in [7, 11) is 0. The Morgan fingerprint density at radius 3 is 2.52 bits per heavy atom. The van der Waals surface area contributed by atoms with Crippen LogP contribution in [0.2, 0.25) is 5.02 Å². The molecule has 1 saturated heterocycles. The van der Waals surface area contributed by atoms with Gasteiger partial charge in [0.05, 0.1) is 0 Å². The number of rotatable bonds is 5. The first-order chi connectivity index (χ1) is 11.2. The van der Waals surface area contributed by atoms with Gasteiger partial charge in [-0.05, 0) is 67.0 Å². The molecule has 2 aromatic rings. The Morgan fingerprint density at radius 1 is 1.09 bits per heavy atom. The van der Waals surface area contributed by atoms with Gasteiger partial charge in [0, 0.05) is 29.0 Å². The van der Waals surface area contributed by atoms with Crippen molar-refractivity contribution in [1.29, 1.82) is 0 Å². The molecule has 0 aromatic heterocycles. The summed E-state index contributed by atoms with van der Waals surface area (Å²) in [5, 5.41) is 0.795. The SMILES string of the molecule is NC(Cc1cccc(Cl)c1)C1CCN(Sc2ccccc2)CC1. The normalized spacial score (nSPS) is 18.0.